The molecule has 0 atom stereocenters. The SMILES string of the molecule is COC(=O)c1c(-c2ccc(F)cc2)csc1NC(=O)CSc1nnc(-c2ccc(Cl)cc2Cl)n1C. The van der Waals surface area contributed by atoms with Crippen molar-refractivity contribution >= 4 is 63.2 Å². The van der Waals surface area contributed by atoms with Gasteiger partial charge < -0.3 is 14.6 Å². The summed E-state index contributed by atoms with van der Waals surface area (Å²) in [5, 5.41) is 14.6. The molecule has 1 amide bonds. The Morgan fingerprint density at radius 3 is 2.57 bits per heavy atom. The molecule has 0 fully saturated rings. The Hall–Kier alpha value is -2.92. The van der Waals surface area contributed by atoms with Crippen molar-refractivity contribution < 1.29 is 18.7 Å². The number of aromatic nitrogens is 3. The van der Waals surface area contributed by atoms with Crippen molar-refractivity contribution in [3.05, 3.63) is 69.3 Å². The maximum Gasteiger partial charge on any atom is 0.341 e. The van der Waals surface area contributed by atoms with E-state index in [0.717, 1.165) is 0 Å². The molecule has 180 valence electrons. The normalized spacial score (nSPS) is 10.9. The zero-order valence-electron chi connectivity index (χ0n) is 18.3. The van der Waals surface area contributed by atoms with E-state index in [-0.39, 0.29) is 23.0 Å². The minimum absolute atomic E-state index is 0.0186. The number of carbonyl (C=O) groups excluding carboxylic acids is 2. The number of hydrogen-bond donors (Lipinski definition) is 1. The van der Waals surface area contributed by atoms with Crippen LogP contribution in [0.1, 0.15) is 10.4 Å². The van der Waals surface area contributed by atoms with Crippen LogP contribution in [-0.4, -0.2) is 39.5 Å². The molecule has 0 aliphatic rings. The van der Waals surface area contributed by atoms with Crippen LogP contribution in [0.3, 0.4) is 0 Å². The Balaban J connectivity index is 1.49. The molecule has 2 aromatic heterocycles. The molecule has 0 spiro atoms. The van der Waals surface area contributed by atoms with Gasteiger partial charge in [-0.2, -0.15) is 0 Å². The van der Waals surface area contributed by atoms with Gasteiger partial charge in [0.2, 0.25) is 5.91 Å². The second kappa shape index (κ2) is 10.8. The number of ether oxygens (including phenoxy) is 1. The Bertz CT molecular complexity index is 1410. The third-order valence-electron chi connectivity index (χ3n) is 4.93. The van der Waals surface area contributed by atoms with Crippen LogP contribution in [-0.2, 0) is 16.6 Å². The van der Waals surface area contributed by atoms with Gasteiger partial charge in [0.25, 0.3) is 0 Å². The van der Waals surface area contributed by atoms with Crippen molar-refractivity contribution in [1.82, 2.24) is 14.8 Å². The lowest BCUT2D eigenvalue weighted by molar-refractivity contribution is -0.113. The van der Waals surface area contributed by atoms with Crippen molar-refractivity contribution in [3.63, 3.8) is 0 Å². The van der Waals surface area contributed by atoms with Crippen LogP contribution in [0.15, 0.2) is 53.0 Å². The molecular formula is C23H17Cl2FN4O3S2. The predicted molar refractivity (Wildman–Crippen MR) is 137 cm³/mol. The van der Waals surface area contributed by atoms with E-state index in [1.165, 1.54) is 42.3 Å². The summed E-state index contributed by atoms with van der Waals surface area (Å²) in [5.41, 5.74) is 2.05. The van der Waals surface area contributed by atoms with Crippen LogP contribution in [0, 0.1) is 5.82 Å². The monoisotopic (exact) mass is 550 g/mol. The molecular weight excluding hydrogens is 534 g/mol. The summed E-state index contributed by atoms with van der Waals surface area (Å²) in [5.74, 6) is -0.790. The third-order valence-corrected chi connectivity index (χ3v) is 7.39. The number of benzene rings is 2. The summed E-state index contributed by atoms with van der Waals surface area (Å²) in [4.78, 5) is 25.2. The van der Waals surface area contributed by atoms with E-state index < -0.39 is 5.97 Å². The predicted octanol–water partition coefficient (Wildman–Crippen LogP) is 6.17. The van der Waals surface area contributed by atoms with Gasteiger partial charge in [0.15, 0.2) is 11.0 Å². The number of nitrogens with zero attached hydrogens (tertiary/aromatic N) is 3. The van der Waals surface area contributed by atoms with E-state index >= 15 is 0 Å². The lowest BCUT2D eigenvalue weighted by Gasteiger charge is -2.08. The van der Waals surface area contributed by atoms with Crippen LogP contribution >= 0.6 is 46.3 Å². The van der Waals surface area contributed by atoms with Crippen LogP contribution in [0.2, 0.25) is 10.0 Å². The number of rotatable bonds is 7. The Kier molecular flexibility index (Phi) is 7.75. The van der Waals surface area contributed by atoms with E-state index in [9.17, 15) is 14.0 Å². The zero-order chi connectivity index (χ0) is 25.1. The van der Waals surface area contributed by atoms with Crippen LogP contribution in [0.4, 0.5) is 9.39 Å². The highest BCUT2D eigenvalue weighted by molar-refractivity contribution is 7.99. The van der Waals surface area contributed by atoms with E-state index in [1.807, 2.05) is 0 Å². The third kappa shape index (κ3) is 5.51. The highest BCUT2D eigenvalue weighted by Crippen LogP contribution is 2.36. The molecule has 4 rings (SSSR count). The summed E-state index contributed by atoms with van der Waals surface area (Å²) in [7, 11) is 3.03. The fourth-order valence-corrected chi connectivity index (χ4v) is 5.41. The van der Waals surface area contributed by atoms with Crippen molar-refractivity contribution in [3.8, 4) is 22.5 Å². The molecule has 0 aliphatic carbocycles. The number of carbonyl (C=O) groups is 2. The standard InChI is InChI=1S/C23H17Cl2FN4O3S2/c1-30-20(15-8-5-13(24)9-17(15)25)28-29-23(30)35-11-18(31)27-21-19(22(32)33-2)16(10-34-21)12-3-6-14(26)7-4-12/h3-10H,11H2,1-2H3,(H,27,31). The van der Waals surface area contributed by atoms with Crippen molar-refractivity contribution in [2.45, 2.75) is 5.16 Å². The first-order chi connectivity index (χ1) is 16.8. The zero-order valence-corrected chi connectivity index (χ0v) is 21.5. The molecule has 12 heteroatoms. The van der Waals surface area contributed by atoms with Crippen LogP contribution in [0.25, 0.3) is 22.5 Å². The lowest BCUT2D eigenvalue weighted by Crippen LogP contribution is -2.16. The number of halogens is 3. The fourth-order valence-electron chi connectivity index (χ4n) is 3.24. The molecule has 4 aromatic rings. The molecule has 0 aliphatic heterocycles. The Morgan fingerprint density at radius 1 is 1.14 bits per heavy atom. The van der Waals surface area contributed by atoms with Gasteiger partial charge in [0, 0.05) is 28.6 Å². The van der Waals surface area contributed by atoms with Gasteiger partial charge in [0.05, 0.1) is 17.9 Å². The number of methoxy groups -OCH3 is 1. The maximum absolute atomic E-state index is 13.3. The van der Waals surface area contributed by atoms with Gasteiger partial charge in [-0.1, -0.05) is 47.1 Å². The fraction of sp³-hybridized carbons (Fsp3) is 0.130. The number of thiophene rings is 1. The van der Waals surface area contributed by atoms with Gasteiger partial charge in [0.1, 0.15) is 16.4 Å². The highest BCUT2D eigenvalue weighted by Gasteiger charge is 2.23. The molecule has 2 aromatic carbocycles. The van der Waals surface area contributed by atoms with Gasteiger partial charge in [-0.15, -0.1) is 21.5 Å². The molecule has 7 nitrogen and oxygen atoms in total. The van der Waals surface area contributed by atoms with E-state index in [1.54, 1.807) is 47.3 Å². The Morgan fingerprint density at radius 2 is 1.89 bits per heavy atom. The number of esters is 1. The largest absolute Gasteiger partial charge is 0.465 e. The van der Waals surface area contributed by atoms with Crippen molar-refractivity contribution in [2.24, 2.45) is 7.05 Å². The number of amides is 1. The minimum Gasteiger partial charge on any atom is -0.465 e. The summed E-state index contributed by atoms with van der Waals surface area (Å²) >= 11 is 14.6. The molecule has 0 saturated carbocycles. The number of nitrogens with one attached hydrogen (secondary N) is 1. The Labute approximate surface area is 218 Å². The molecule has 1 N–H and O–H groups in total. The van der Waals surface area contributed by atoms with Crippen LogP contribution < -0.4 is 5.32 Å². The van der Waals surface area contributed by atoms with Gasteiger partial charge in [-0.25, -0.2) is 9.18 Å². The average Bonchev–Trinajstić information content (AvgIpc) is 3.41. The molecule has 0 radical (unpaired) electrons. The number of thioether (sulfide) groups is 1. The second-order valence-corrected chi connectivity index (χ2v) is 9.84. The average molecular weight is 551 g/mol. The summed E-state index contributed by atoms with van der Waals surface area (Å²) in [6, 6.07) is 10.8. The maximum atomic E-state index is 13.3. The number of anilines is 1. The van der Waals surface area contributed by atoms with E-state index in [2.05, 4.69) is 15.5 Å². The van der Waals surface area contributed by atoms with E-state index in [0.29, 0.717) is 42.7 Å². The number of hydrogen-bond acceptors (Lipinski definition) is 7. The summed E-state index contributed by atoms with van der Waals surface area (Å²) in [6.45, 7) is 0. The van der Waals surface area contributed by atoms with Gasteiger partial charge >= 0.3 is 5.97 Å². The summed E-state index contributed by atoms with van der Waals surface area (Å²) in [6.07, 6.45) is 0. The van der Waals surface area contributed by atoms with Crippen molar-refractivity contribution in [2.75, 3.05) is 18.2 Å². The molecule has 0 bridgehead atoms. The highest BCUT2D eigenvalue weighted by atomic mass is 35.5. The van der Waals surface area contributed by atoms with Crippen molar-refractivity contribution in [1.29, 1.82) is 0 Å². The topological polar surface area (TPSA) is 86.1 Å². The summed E-state index contributed by atoms with van der Waals surface area (Å²) < 4.78 is 20.0. The van der Waals surface area contributed by atoms with Gasteiger partial charge in [-0.05, 0) is 35.9 Å². The first-order valence-electron chi connectivity index (χ1n) is 10.0. The van der Waals surface area contributed by atoms with E-state index in [4.69, 9.17) is 27.9 Å². The quantitative estimate of drug-likeness (QED) is 0.218. The van der Waals surface area contributed by atoms with Gasteiger partial charge in [-0.3, -0.25) is 4.79 Å². The molecule has 0 saturated heterocycles. The molecule has 2 heterocycles. The molecule has 0 unspecified atom stereocenters. The second-order valence-electron chi connectivity index (χ2n) is 7.18. The first kappa shape index (κ1) is 25.2. The minimum atomic E-state index is -0.605. The van der Waals surface area contributed by atoms with Crippen LogP contribution in [0.5, 0.6) is 0 Å². The smallest absolute Gasteiger partial charge is 0.341 e. The molecule has 35 heavy (non-hydrogen) atoms. The first-order valence-corrected chi connectivity index (χ1v) is 12.6. The lowest BCUT2D eigenvalue weighted by atomic mass is 10.0.